The molecule has 3 aromatic rings. The molecule has 0 radical (unpaired) electrons. The molecule has 0 atom stereocenters. The largest absolute Gasteiger partial charge is 0.497 e. The van der Waals surface area contributed by atoms with Gasteiger partial charge in [0.2, 0.25) is 0 Å². The summed E-state index contributed by atoms with van der Waals surface area (Å²) < 4.78 is 7.70. The van der Waals surface area contributed by atoms with Gasteiger partial charge in [-0.1, -0.05) is 11.3 Å². The summed E-state index contributed by atoms with van der Waals surface area (Å²) in [6.07, 6.45) is 1.66. The molecule has 0 aliphatic carbocycles. The summed E-state index contributed by atoms with van der Waals surface area (Å²) in [5.41, 5.74) is 2.20. The molecule has 0 aliphatic rings. The van der Waals surface area contributed by atoms with E-state index in [4.69, 9.17) is 4.74 Å². The Labute approximate surface area is 125 Å². The van der Waals surface area contributed by atoms with Crippen LogP contribution in [0.2, 0.25) is 0 Å². The van der Waals surface area contributed by atoms with E-state index in [1.165, 1.54) is 11.3 Å². The quantitative estimate of drug-likeness (QED) is 0.807. The zero-order valence-electron chi connectivity index (χ0n) is 11.9. The van der Waals surface area contributed by atoms with E-state index in [9.17, 15) is 4.79 Å². The number of nitrogens with one attached hydrogen (secondary N) is 1. The molecule has 0 aliphatic heterocycles. The Morgan fingerprint density at radius 1 is 1.43 bits per heavy atom. The molecule has 0 fully saturated rings. The van der Waals surface area contributed by atoms with Gasteiger partial charge in [-0.05, 0) is 30.7 Å². The van der Waals surface area contributed by atoms with Crippen molar-refractivity contribution in [3.63, 3.8) is 0 Å². The fourth-order valence-corrected chi connectivity index (χ4v) is 3.00. The third-order valence-electron chi connectivity index (χ3n) is 3.15. The van der Waals surface area contributed by atoms with Crippen LogP contribution >= 0.6 is 11.3 Å². The van der Waals surface area contributed by atoms with E-state index in [2.05, 4.69) is 15.4 Å². The van der Waals surface area contributed by atoms with Crippen LogP contribution < -0.4 is 10.1 Å². The van der Waals surface area contributed by atoms with Crippen LogP contribution in [-0.4, -0.2) is 27.8 Å². The number of aromatic nitrogens is 3. The van der Waals surface area contributed by atoms with E-state index in [1.807, 2.05) is 25.1 Å². The molecule has 1 N–H and O–H groups in total. The lowest BCUT2D eigenvalue weighted by atomic mass is 10.2. The first-order chi connectivity index (χ1) is 10.1. The van der Waals surface area contributed by atoms with Crippen LogP contribution in [0.25, 0.3) is 10.2 Å². The van der Waals surface area contributed by atoms with E-state index in [1.54, 1.807) is 25.0 Å². The second kappa shape index (κ2) is 5.17. The van der Waals surface area contributed by atoms with Gasteiger partial charge >= 0.3 is 0 Å². The van der Waals surface area contributed by atoms with E-state index < -0.39 is 0 Å². The molecule has 0 spiro atoms. The summed E-state index contributed by atoms with van der Waals surface area (Å²) in [5, 5.41) is 7.45. The van der Waals surface area contributed by atoms with Gasteiger partial charge in [-0.2, -0.15) is 5.10 Å². The fraction of sp³-hybridized carbons (Fsp3) is 0.214. The van der Waals surface area contributed by atoms with Gasteiger partial charge in [-0.3, -0.25) is 14.8 Å². The smallest absolute Gasteiger partial charge is 0.275 e. The number of nitrogens with zero attached hydrogens (tertiary/aromatic N) is 3. The normalized spacial score (nSPS) is 10.8. The molecule has 2 aromatic heterocycles. The summed E-state index contributed by atoms with van der Waals surface area (Å²) in [6, 6.07) is 5.62. The molecule has 0 unspecified atom stereocenters. The number of rotatable bonds is 3. The van der Waals surface area contributed by atoms with Crippen molar-refractivity contribution in [1.82, 2.24) is 14.8 Å². The van der Waals surface area contributed by atoms with Crippen molar-refractivity contribution >= 4 is 32.6 Å². The summed E-state index contributed by atoms with van der Waals surface area (Å²) >= 11 is 1.41. The Hall–Kier alpha value is -2.41. The topological polar surface area (TPSA) is 69.0 Å². The van der Waals surface area contributed by atoms with Crippen molar-refractivity contribution in [3.05, 3.63) is 35.7 Å². The molecular formula is C14H14N4O2S. The second-order valence-electron chi connectivity index (χ2n) is 4.61. The van der Waals surface area contributed by atoms with Crippen LogP contribution in [0.15, 0.2) is 24.4 Å². The number of hydrogen-bond acceptors (Lipinski definition) is 5. The predicted molar refractivity (Wildman–Crippen MR) is 82.1 cm³/mol. The molecule has 0 bridgehead atoms. The number of benzene rings is 1. The first kappa shape index (κ1) is 13.6. The molecular weight excluding hydrogens is 288 g/mol. The SMILES string of the molecule is COc1ccc2nc(NC(=O)c3c(C)cnn3C)sc2c1. The maximum Gasteiger partial charge on any atom is 0.275 e. The van der Waals surface area contributed by atoms with Gasteiger partial charge in [-0.25, -0.2) is 4.98 Å². The Morgan fingerprint density at radius 2 is 2.24 bits per heavy atom. The first-order valence-electron chi connectivity index (χ1n) is 6.33. The molecule has 0 saturated carbocycles. The minimum atomic E-state index is -0.210. The summed E-state index contributed by atoms with van der Waals surface area (Å²) in [6.45, 7) is 1.85. The van der Waals surface area contributed by atoms with Gasteiger partial charge in [0.05, 0.1) is 23.5 Å². The van der Waals surface area contributed by atoms with Gasteiger partial charge in [0.25, 0.3) is 5.91 Å². The number of ether oxygens (including phenoxy) is 1. The lowest BCUT2D eigenvalue weighted by Gasteiger charge is -2.02. The van der Waals surface area contributed by atoms with Crippen LogP contribution in [0.4, 0.5) is 5.13 Å². The van der Waals surface area contributed by atoms with Crippen molar-refractivity contribution in [2.75, 3.05) is 12.4 Å². The van der Waals surface area contributed by atoms with Crippen molar-refractivity contribution in [1.29, 1.82) is 0 Å². The lowest BCUT2D eigenvalue weighted by Crippen LogP contribution is -2.17. The van der Waals surface area contributed by atoms with Gasteiger partial charge in [0.1, 0.15) is 11.4 Å². The van der Waals surface area contributed by atoms with Crippen molar-refractivity contribution in [3.8, 4) is 5.75 Å². The monoisotopic (exact) mass is 302 g/mol. The van der Waals surface area contributed by atoms with Crippen molar-refractivity contribution in [2.24, 2.45) is 7.05 Å². The first-order valence-corrected chi connectivity index (χ1v) is 7.14. The third-order valence-corrected chi connectivity index (χ3v) is 4.09. The predicted octanol–water partition coefficient (Wildman–Crippen LogP) is 2.60. The third kappa shape index (κ3) is 2.47. The number of methoxy groups -OCH3 is 1. The maximum atomic E-state index is 12.3. The molecule has 1 amide bonds. The lowest BCUT2D eigenvalue weighted by molar-refractivity contribution is 0.101. The standard InChI is InChI=1S/C14H14N4O2S/c1-8-7-15-18(2)12(8)13(19)17-14-16-10-5-4-9(20-3)6-11(10)21-14/h4-7H,1-3H3,(H,16,17,19). The summed E-state index contributed by atoms with van der Waals surface area (Å²) in [5.74, 6) is 0.560. The number of anilines is 1. The van der Waals surface area contributed by atoms with E-state index >= 15 is 0 Å². The minimum absolute atomic E-state index is 0.210. The Balaban J connectivity index is 1.89. The molecule has 21 heavy (non-hydrogen) atoms. The van der Waals surface area contributed by atoms with Crippen LogP contribution in [-0.2, 0) is 7.05 Å². The van der Waals surface area contributed by atoms with Crippen molar-refractivity contribution < 1.29 is 9.53 Å². The molecule has 7 heteroatoms. The van der Waals surface area contributed by atoms with Gasteiger partial charge in [0, 0.05) is 7.05 Å². The van der Waals surface area contributed by atoms with Gasteiger partial charge < -0.3 is 4.74 Å². The zero-order chi connectivity index (χ0) is 15.0. The second-order valence-corrected chi connectivity index (χ2v) is 5.64. The number of thiazole rings is 1. The Bertz CT molecular complexity index is 802. The molecule has 0 saturated heterocycles. The Morgan fingerprint density at radius 3 is 2.90 bits per heavy atom. The number of amides is 1. The highest BCUT2D eigenvalue weighted by molar-refractivity contribution is 7.22. The van der Waals surface area contributed by atoms with E-state index in [-0.39, 0.29) is 5.91 Å². The minimum Gasteiger partial charge on any atom is -0.497 e. The number of fused-ring (bicyclic) bond motifs is 1. The molecule has 3 rings (SSSR count). The number of hydrogen-bond donors (Lipinski definition) is 1. The highest BCUT2D eigenvalue weighted by atomic mass is 32.1. The number of aryl methyl sites for hydroxylation is 2. The van der Waals surface area contributed by atoms with E-state index in [0.29, 0.717) is 10.8 Å². The average Bonchev–Trinajstić information content (AvgIpc) is 3.00. The zero-order valence-corrected chi connectivity index (χ0v) is 12.7. The van der Waals surface area contributed by atoms with Crippen LogP contribution in [0.1, 0.15) is 16.1 Å². The number of carbonyl (C=O) groups is 1. The highest BCUT2D eigenvalue weighted by Crippen LogP contribution is 2.29. The Kier molecular flexibility index (Phi) is 3.34. The highest BCUT2D eigenvalue weighted by Gasteiger charge is 2.16. The summed E-state index contributed by atoms with van der Waals surface area (Å²) in [4.78, 5) is 16.7. The molecule has 2 heterocycles. The van der Waals surface area contributed by atoms with Crippen molar-refractivity contribution in [2.45, 2.75) is 6.92 Å². The van der Waals surface area contributed by atoms with Gasteiger partial charge in [0.15, 0.2) is 5.13 Å². The maximum absolute atomic E-state index is 12.3. The van der Waals surface area contributed by atoms with Gasteiger partial charge in [-0.15, -0.1) is 0 Å². The number of carbonyl (C=O) groups excluding carboxylic acids is 1. The van der Waals surface area contributed by atoms with Crippen LogP contribution in [0, 0.1) is 6.92 Å². The summed E-state index contributed by atoms with van der Waals surface area (Å²) in [7, 11) is 3.36. The van der Waals surface area contributed by atoms with Crippen LogP contribution in [0.3, 0.4) is 0 Å². The fourth-order valence-electron chi connectivity index (χ4n) is 2.12. The molecule has 6 nitrogen and oxygen atoms in total. The van der Waals surface area contributed by atoms with Crippen LogP contribution in [0.5, 0.6) is 5.75 Å². The average molecular weight is 302 g/mol. The molecule has 1 aromatic carbocycles. The van der Waals surface area contributed by atoms with E-state index in [0.717, 1.165) is 21.5 Å². The molecule has 108 valence electrons.